The monoisotopic (exact) mass is 532 g/mol. The van der Waals surface area contributed by atoms with Crippen molar-refractivity contribution >= 4 is 29.2 Å². The minimum Gasteiger partial charge on any atom is -0.326 e. The van der Waals surface area contributed by atoms with Gasteiger partial charge in [-0.1, -0.05) is 32.9 Å². The lowest BCUT2D eigenvalue weighted by Gasteiger charge is -2.34. The lowest BCUT2D eigenvalue weighted by atomic mass is 9.79. The molecular weight excluding hydrogens is 502 g/mol. The average Bonchev–Trinajstić information content (AvgIpc) is 3.37. The van der Waals surface area contributed by atoms with Gasteiger partial charge < -0.3 is 15.5 Å². The molecule has 2 aliphatic rings. The predicted molar refractivity (Wildman–Crippen MR) is 143 cm³/mol. The Hall–Kier alpha value is -4.14. The second-order valence-electron chi connectivity index (χ2n) is 11.4. The van der Waals surface area contributed by atoms with Crippen LogP contribution in [0.2, 0.25) is 0 Å². The van der Waals surface area contributed by atoms with E-state index in [1.807, 2.05) is 24.3 Å². The van der Waals surface area contributed by atoms with Gasteiger partial charge in [0.15, 0.2) is 0 Å². The number of benzene rings is 2. The zero-order valence-electron chi connectivity index (χ0n) is 22.3. The summed E-state index contributed by atoms with van der Waals surface area (Å²) in [6.07, 6.45) is 2.66. The number of anilines is 2. The zero-order chi connectivity index (χ0) is 28.1. The minimum absolute atomic E-state index is 0.0860. The van der Waals surface area contributed by atoms with Crippen LogP contribution >= 0.6 is 0 Å². The zero-order valence-corrected chi connectivity index (χ0v) is 22.3. The summed E-state index contributed by atoms with van der Waals surface area (Å²) in [5.74, 6) is -1.79. The average molecular weight is 533 g/mol. The van der Waals surface area contributed by atoms with Crippen LogP contribution in [0.25, 0.3) is 0 Å². The summed E-state index contributed by atoms with van der Waals surface area (Å²) in [6, 6.07) is 11.6. The van der Waals surface area contributed by atoms with Gasteiger partial charge in [0.25, 0.3) is 0 Å². The molecule has 0 bridgehead atoms. The Kier molecular flexibility index (Phi) is 6.48. The highest BCUT2D eigenvalue weighted by atomic mass is 19.1. The van der Waals surface area contributed by atoms with Crippen molar-refractivity contribution in [2.24, 2.45) is 5.41 Å². The number of halogens is 2. The number of amides is 3. The maximum atomic E-state index is 13.9. The highest BCUT2D eigenvalue weighted by molar-refractivity contribution is 6.06. The van der Waals surface area contributed by atoms with Gasteiger partial charge in [-0.05, 0) is 66.8 Å². The van der Waals surface area contributed by atoms with Crippen LogP contribution < -0.4 is 10.6 Å². The summed E-state index contributed by atoms with van der Waals surface area (Å²) >= 11 is 0. The normalized spacial score (nSPS) is 18.4. The number of hydrogen-bond acceptors (Lipinski definition) is 4. The summed E-state index contributed by atoms with van der Waals surface area (Å²) in [4.78, 5) is 45.0. The molecule has 2 atom stereocenters. The van der Waals surface area contributed by atoms with Crippen LogP contribution in [-0.4, -0.2) is 34.2 Å². The molecule has 1 spiro atoms. The van der Waals surface area contributed by atoms with E-state index in [-0.39, 0.29) is 23.9 Å². The molecule has 1 aliphatic heterocycles. The molecule has 3 aromatic rings. The maximum Gasteiger partial charge on any atom is 0.244 e. The van der Waals surface area contributed by atoms with Crippen LogP contribution in [-0.2, 0) is 32.6 Å². The van der Waals surface area contributed by atoms with E-state index in [1.165, 1.54) is 4.90 Å². The first kappa shape index (κ1) is 26.5. The van der Waals surface area contributed by atoms with Gasteiger partial charge >= 0.3 is 0 Å². The standard InChI is InChI=1S/C30H30F2N4O3/c1-17(19-10-21(31)13-22(32)11-19)36(28(39)29(2,3)4)16-25(37)34-23-8-7-18-14-30(15-20(18)12-23)24-6-5-9-33-26(24)35-27(30)38/h5-13,17H,14-16H2,1-4H3,(H,34,37)(H,33,35,38)/t17-,30-/m1/s1. The molecule has 5 rings (SSSR count). The van der Waals surface area contributed by atoms with Crippen molar-refractivity contribution in [2.45, 2.75) is 52.0 Å². The molecule has 39 heavy (non-hydrogen) atoms. The molecule has 0 fully saturated rings. The maximum absolute atomic E-state index is 13.9. The molecule has 0 saturated carbocycles. The molecule has 1 aromatic heterocycles. The number of pyridine rings is 1. The van der Waals surface area contributed by atoms with E-state index in [1.54, 1.807) is 40.0 Å². The van der Waals surface area contributed by atoms with Gasteiger partial charge in [-0.2, -0.15) is 0 Å². The first-order valence-corrected chi connectivity index (χ1v) is 12.8. The number of rotatable bonds is 5. The van der Waals surface area contributed by atoms with Gasteiger partial charge in [0.05, 0.1) is 11.5 Å². The van der Waals surface area contributed by atoms with Crippen LogP contribution in [0, 0.1) is 17.0 Å². The van der Waals surface area contributed by atoms with Crippen LogP contribution in [0.1, 0.15) is 56.0 Å². The smallest absolute Gasteiger partial charge is 0.244 e. The number of aromatic nitrogens is 1. The largest absolute Gasteiger partial charge is 0.326 e. The number of carbonyl (C=O) groups is 3. The van der Waals surface area contributed by atoms with Gasteiger partial charge in [-0.15, -0.1) is 0 Å². The van der Waals surface area contributed by atoms with E-state index in [2.05, 4.69) is 15.6 Å². The molecule has 9 heteroatoms. The topological polar surface area (TPSA) is 91.4 Å². The summed E-state index contributed by atoms with van der Waals surface area (Å²) < 4.78 is 27.8. The molecule has 7 nitrogen and oxygen atoms in total. The van der Waals surface area contributed by atoms with Crippen LogP contribution in [0.15, 0.2) is 54.7 Å². The SMILES string of the molecule is C[C@H](c1cc(F)cc(F)c1)N(CC(=O)Nc1ccc2c(c1)C[C@@]1(C2)C(=O)Nc2ncccc21)C(=O)C(C)(C)C. The lowest BCUT2D eigenvalue weighted by molar-refractivity contribution is -0.144. The van der Waals surface area contributed by atoms with Gasteiger partial charge in [-0.3, -0.25) is 14.4 Å². The Morgan fingerprint density at radius 3 is 2.46 bits per heavy atom. The van der Waals surface area contributed by atoms with Crippen LogP contribution in [0.5, 0.6) is 0 Å². The van der Waals surface area contributed by atoms with Crippen molar-refractivity contribution in [3.63, 3.8) is 0 Å². The summed E-state index contributed by atoms with van der Waals surface area (Å²) in [5, 5.41) is 5.74. The van der Waals surface area contributed by atoms with Crippen LogP contribution in [0.3, 0.4) is 0 Å². The fourth-order valence-electron chi connectivity index (χ4n) is 5.51. The van der Waals surface area contributed by atoms with Crippen molar-refractivity contribution in [2.75, 3.05) is 17.2 Å². The van der Waals surface area contributed by atoms with E-state index in [9.17, 15) is 23.2 Å². The summed E-state index contributed by atoms with van der Waals surface area (Å²) in [6.45, 7) is 6.50. The molecule has 2 N–H and O–H groups in total. The Balaban J connectivity index is 1.35. The third-order valence-electron chi connectivity index (χ3n) is 7.52. The van der Waals surface area contributed by atoms with Gasteiger partial charge in [-0.25, -0.2) is 13.8 Å². The second-order valence-corrected chi connectivity index (χ2v) is 11.4. The van der Waals surface area contributed by atoms with Crippen molar-refractivity contribution in [1.82, 2.24) is 9.88 Å². The Labute approximate surface area is 225 Å². The molecule has 2 aromatic carbocycles. The summed E-state index contributed by atoms with van der Waals surface area (Å²) in [5.41, 5.74) is 2.08. The first-order valence-electron chi connectivity index (χ1n) is 12.8. The molecule has 0 unspecified atom stereocenters. The summed E-state index contributed by atoms with van der Waals surface area (Å²) in [7, 11) is 0. The van der Waals surface area contributed by atoms with Gasteiger partial charge in [0.2, 0.25) is 17.7 Å². The molecule has 2 heterocycles. The molecule has 1 aliphatic carbocycles. The van der Waals surface area contributed by atoms with E-state index in [0.29, 0.717) is 24.3 Å². The van der Waals surface area contributed by atoms with Crippen molar-refractivity contribution in [3.8, 4) is 0 Å². The molecule has 0 radical (unpaired) electrons. The van der Waals surface area contributed by atoms with Crippen molar-refractivity contribution in [1.29, 1.82) is 0 Å². The van der Waals surface area contributed by atoms with Crippen LogP contribution in [0.4, 0.5) is 20.3 Å². The van der Waals surface area contributed by atoms with Gasteiger partial charge in [0, 0.05) is 28.9 Å². The predicted octanol–water partition coefficient (Wildman–Crippen LogP) is 4.92. The quantitative estimate of drug-likeness (QED) is 0.488. The first-order chi connectivity index (χ1) is 18.4. The van der Waals surface area contributed by atoms with E-state index in [4.69, 9.17) is 0 Å². The number of nitrogens with one attached hydrogen (secondary N) is 2. The number of hydrogen-bond donors (Lipinski definition) is 2. The van der Waals surface area contributed by atoms with E-state index in [0.717, 1.165) is 34.9 Å². The number of nitrogens with zero attached hydrogens (tertiary/aromatic N) is 2. The third kappa shape index (κ3) is 4.89. The highest BCUT2D eigenvalue weighted by Crippen LogP contribution is 2.47. The molecule has 3 amide bonds. The molecule has 202 valence electrons. The van der Waals surface area contributed by atoms with Crippen molar-refractivity contribution < 1.29 is 23.2 Å². The lowest BCUT2D eigenvalue weighted by Crippen LogP contribution is -2.45. The number of carbonyl (C=O) groups excluding carboxylic acids is 3. The highest BCUT2D eigenvalue weighted by Gasteiger charge is 2.51. The van der Waals surface area contributed by atoms with Crippen molar-refractivity contribution in [3.05, 3.63) is 88.6 Å². The Morgan fingerprint density at radius 2 is 1.77 bits per heavy atom. The van der Waals surface area contributed by atoms with Gasteiger partial charge in [0.1, 0.15) is 24.0 Å². The molecular formula is C30H30F2N4O3. The van der Waals surface area contributed by atoms with E-state index >= 15 is 0 Å². The number of fused-ring (bicyclic) bond motifs is 3. The Morgan fingerprint density at radius 1 is 1.08 bits per heavy atom. The third-order valence-corrected chi connectivity index (χ3v) is 7.52. The fourth-order valence-corrected chi connectivity index (χ4v) is 5.51. The Bertz CT molecular complexity index is 1480. The van der Waals surface area contributed by atoms with E-state index < -0.39 is 34.4 Å². The minimum atomic E-state index is -0.824. The second kappa shape index (κ2) is 9.55. The molecule has 0 saturated heterocycles. The fraction of sp³-hybridized carbons (Fsp3) is 0.333.